The van der Waals surface area contributed by atoms with E-state index in [1.807, 2.05) is 0 Å². The Hall–Kier alpha value is -0.760. The molecule has 0 aliphatic heterocycles. The lowest BCUT2D eigenvalue weighted by Gasteiger charge is -2.19. The van der Waals surface area contributed by atoms with Gasteiger partial charge in [0.25, 0.3) is 0 Å². The SMILES string of the molecule is Cc1[nH]c2c(c1C)C(N)CCC2. The minimum Gasteiger partial charge on any atom is -0.362 e. The molecule has 1 aliphatic rings. The molecule has 0 saturated heterocycles. The first-order valence-corrected chi connectivity index (χ1v) is 4.63. The Morgan fingerprint density at radius 2 is 2.17 bits per heavy atom. The molecule has 0 fully saturated rings. The van der Waals surface area contributed by atoms with Crippen molar-refractivity contribution in [2.75, 3.05) is 0 Å². The standard InChI is InChI=1S/C10H16N2/c1-6-7(2)12-9-5-3-4-8(11)10(6)9/h8,12H,3-5,11H2,1-2H3. The van der Waals surface area contributed by atoms with Crippen LogP contribution in [-0.4, -0.2) is 4.98 Å². The van der Waals surface area contributed by atoms with Crippen LogP contribution in [0.5, 0.6) is 0 Å². The summed E-state index contributed by atoms with van der Waals surface area (Å²) in [7, 11) is 0. The van der Waals surface area contributed by atoms with E-state index in [1.54, 1.807) is 0 Å². The molecule has 1 heterocycles. The van der Waals surface area contributed by atoms with Gasteiger partial charge in [-0.25, -0.2) is 0 Å². The molecule has 1 atom stereocenters. The summed E-state index contributed by atoms with van der Waals surface area (Å²) in [5.41, 5.74) is 11.5. The van der Waals surface area contributed by atoms with E-state index in [1.165, 1.54) is 35.4 Å². The van der Waals surface area contributed by atoms with Gasteiger partial charge in [-0.3, -0.25) is 0 Å². The summed E-state index contributed by atoms with van der Waals surface area (Å²) in [6.45, 7) is 4.29. The van der Waals surface area contributed by atoms with E-state index in [9.17, 15) is 0 Å². The van der Waals surface area contributed by atoms with Crippen LogP contribution < -0.4 is 5.73 Å². The van der Waals surface area contributed by atoms with E-state index in [4.69, 9.17) is 5.73 Å². The maximum atomic E-state index is 6.04. The topological polar surface area (TPSA) is 41.8 Å². The third kappa shape index (κ3) is 0.985. The smallest absolute Gasteiger partial charge is 0.0315 e. The van der Waals surface area contributed by atoms with Crippen molar-refractivity contribution in [3.63, 3.8) is 0 Å². The third-order valence-corrected chi connectivity index (χ3v) is 2.94. The van der Waals surface area contributed by atoms with Crippen molar-refractivity contribution in [2.45, 2.75) is 39.2 Å². The number of aromatic nitrogens is 1. The van der Waals surface area contributed by atoms with Crippen molar-refractivity contribution >= 4 is 0 Å². The number of hydrogen-bond acceptors (Lipinski definition) is 1. The highest BCUT2D eigenvalue weighted by Gasteiger charge is 2.21. The van der Waals surface area contributed by atoms with Gasteiger partial charge in [0, 0.05) is 17.4 Å². The second-order valence-electron chi connectivity index (χ2n) is 3.77. The predicted molar refractivity (Wildman–Crippen MR) is 50.1 cm³/mol. The Morgan fingerprint density at radius 3 is 2.83 bits per heavy atom. The van der Waals surface area contributed by atoms with Crippen molar-refractivity contribution in [1.29, 1.82) is 0 Å². The second-order valence-corrected chi connectivity index (χ2v) is 3.77. The molecule has 0 spiro atoms. The molecule has 0 radical (unpaired) electrons. The lowest BCUT2D eigenvalue weighted by Crippen LogP contribution is -2.17. The summed E-state index contributed by atoms with van der Waals surface area (Å²) in [6.07, 6.45) is 3.55. The molecule has 0 aromatic carbocycles. The molecule has 2 heteroatoms. The van der Waals surface area contributed by atoms with Crippen molar-refractivity contribution in [1.82, 2.24) is 4.98 Å². The van der Waals surface area contributed by atoms with Gasteiger partial charge >= 0.3 is 0 Å². The molecule has 1 aliphatic carbocycles. The maximum Gasteiger partial charge on any atom is 0.0315 e. The highest BCUT2D eigenvalue weighted by Crippen LogP contribution is 2.31. The van der Waals surface area contributed by atoms with Gasteiger partial charge in [0.2, 0.25) is 0 Å². The fourth-order valence-corrected chi connectivity index (χ4v) is 2.16. The highest BCUT2D eigenvalue weighted by molar-refractivity contribution is 5.39. The first kappa shape index (κ1) is 7.87. The number of nitrogens with one attached hydrogen (secondary N) is 1. The molecule has 3 N–H and O–H groups in total. The number of fused-ring (bicyclic) bond motifs is 1. The second kappa shape index (κ2) is 2.63. The molecule has 1 aromatic heterocycles. The van der Waals surface area contributed by atoms with Crippen molar-refractivity contribution < 1.29 is 0 Å². The highest BCUT2D eigenvalue weighted by atomic mass is 14.8. The van der Waals surface area contributed by atoms with Crippen LogP contribution in [0.2, 0.25) is 0 Å². The number of H-pyrrole nitrogens is 1. The molecule has 0 amide bonds. The Balaban J connectivity index is 2.54. The van der Waals surface area contributed by atoms with Crippen LogP contribution in [0, 0.1) is 13.8 Å². The normalized spacial score (nSPS) is 22.4. The van der Waals surface area contributed by atoms with Gasteiger partial charge in [0.05, 0.1) is 0 Å². The van der Waals surface area contributed by atoms with Crippen molar-refractivity contribution in [2.24, 2.45) is 5.73 Å². The lowest BCUT2D eigenvalue weighted by atomic mass is 9.91. The summed E-state index contributed by atoms with van der Waals surface area (Å²) in [5.74, 6) is 0. The van der Waals surface area contributed by atoms with Crippen molar-refractivity contribution in [3.8, 4) is 0 Å². The first-order chi connectivity index (χ1) is 5.70. The van der Waals surface area contributed by atoms with E-state index < -0.39 is 0 Å². The monoisotopic (exact) mass is 164 g/mol. The van der Waals surface area contributed by atoms with E-state index in [0.717, 1.165) is 6.42 Å². The Kier molecular flexibility index (Phi) is 1.72. The Labute approximate surface area is 73.2 Å². The van der Waals surface area contributed by atoms with Gasteiger partial charge in [-0.05, 0) is 44.2 Å². The largest absolute Gasteiger partial charge is 0.362 e. The van der Waals surface area contributed by atoms with Crippen LogP contribution in [0.4, 0.5) is 0 Å². The van der Waals surface area contributed by atoms with Gasteiger partial charge in [0.1, 0.15) is 0 Å². The molecule has 12 heavy (non-hydrogen) atoms. The third-order valence-electron chi connectivity index (χ3n) is 2.94. The van der Waals surface area contributed by atoms with Crippen molar-refractivity contribution in [3.05, 3.63) is 22.5 Å². The van der Waals surface area contributed by atoms with E-state index >= 15 is 0 Å². The molecule has 2 nitrogen and oxygen atoms in total. The molecule has 2 rings (SSSR count). The molecule has 0 saturated carbocycles. The average molecular weight is 164 g/mol. The van der Waals surface area contributed by atoms with Gasteiger partial charge in [-0.1, -0.05) is 0 Å². The molecule has 1 aromatic rings. The van der Waals surface area contributed by atoms with E-state index in [-0.39, 0.29) is 6.04 Å². The zero-order valence-electron chi connectivity index (χ0n) is 7.78. The fraction of sp³-hybridized carbons (Fsp3) is 0.600. The lowest BCUT2D eigenvalue weighted by molar-refractivity contribution is 0.564. The van der Waals surface area contributed by atoms with E-state index in [0.29, 0.717) is 0 Å². The Bertz CT molecular complexity index is 299. The average Bonchev–Trinajstić information content (AvgIpc) is 2.29. The fourth-order valence-electron chi connectivity index (χ4n) is 2.16. The number of aromatic amines is 1. The minimum absolute atomic E-state index is 0.277. The quantitative estimate of drug-likeness (QED) is 0.604. The van der Waals surface area contributed by atoms with Gasteiger partial charge in [0.15, 0.2) is 0 Å². The van der Waals surface area contributed by atoms with Crippen LogP contribution in [-0.2, 0) is 6.42 Å². The molecular formula is C10H16N2. The summed E-state index contributed by atoms with van der Waals surface area (Å²) in [5, 5.41) is 0. The van der Waals surface area contributed by atoms with Crippen LogP contribution in [0.3, 0.4) is 0 Å². The predicted octanol–water partition coefficient (Wildman–Crippen LogP) is 1.97. The maximum absolute atomic E-state index is 6.04. The van der Waals surface area contributed by atoms with Gasteiger partial charge in [-0.2, -0.15) is 0 Å². The van der Waals surface area contributed by atoms with Gasteiger partial charge in [-0.15, -0.1) is 0 Å². The molecule has 0 bridgehead atoms. The first-order valence-electron chi connectivity index (χ1n) is 4.63. The zero-order valence-corrected chi connectivity index (χ0v) is 7.78. The molecular weight excluding hydrogens is 148 g/mol. The molecule has 66 valence electrons. The summed E-state index contributed by atoms with van der Waals surface area (Å²) < 4.78 is 0. The number of nitrogens with two attached hydrogens (primary N) is 1. The summed E-state index contributed by atoms with van der Waals surface area (Å²) >= 11 is 0. The zero-order chi connectivity index (χ0) is 8.72. The van der Waals surface area contributed by atoms with Crippen LogP contribution in [0.1, 0.15) is 41.4 Å². The number of hydrogen-bond donors (Lipinski definition) is 2. The summed E-state index contributed by atoms with van der Waals surface area (Å²) in [6, 6.07) is 0.277. The van der Waals surface area contributed by atoms with Crippen LogP contribution >= 0.6 is 0 Å². The van der Waals surface area contributed by atoms with Crippen LogP contribution in [0.25, 0.3) is 0 Å². The minimum atomic E-state index is 0.277. The number of aryl methyl sites for hydroxylation is 2. The van der Waals surface area contributed by atoms with Crippen LogP contribution in [0.15, 0.2) is 0 Å². The Morgan fingerprint density at radius 1 is 1.42 bits per heavy atom. The molecule has 1 unspecified atom stereocenters. The summed E-state index contributed by atoms with van der Waals surface area (Å²) in [4.78, 5) is 3.42. The van der Waals surface area contributed by atoms with E-state index in [2.05, 4.69) is 18.8 Å². The van der Waals surface area contributed by atoms with Gasteiger partial charge < -0.3 is 10.7 Å². The number of rotatable bonds is 0.